The molecule has 0 spiro atoms. The van der Waals surface area contributed by atoms with Crippen LogP contribution in [0, 0.1) is 22.7 Å². The number of benzene rings is 3. The van der Waals surface area contributed by atoms with Crippen molar-refractivity contribution < 1.29 is 9.47 Å². The van der Waals surface area contributed by atoms with Crippen molar-refractivity contribution in [3.05, 3.63) is 64.1 Å². The Bertz CT molecular complexity index is 1270. The van der Waals surface area contributed by atoms with E-state index in [1.54, 1.807) is 0 Å². The van der Waals surface area contributed by atoms with Crippen LogP contribution in [0.25, 0.3) is 0 Å². The van der Waals surface area contributed by atoms with E-state index in [-0.39, 0.29) is 11.1 Å². The summed E-state index contributed by atoms with van der Waals surface area (Å²) in [4.78, 5) is 3.26. The molecule has 0 aromatic heterocycles. The molecule has 0 aliphatic carbocycles. The zero-order valence-electron chi connectivity index (χ0n) is 20.3. The first-order valence-electron chi connectivity index (χ1n) is 11.8. The van der Waals surface area contributed by atoms with Crippen LogP contribution in [0.2, 0.25) is 0 Å². The molecule has 0 atom stereocenters. The van der Waals surface area contributed by atoms with Crippen molar-refractivity contribution >= 4 is 45.1 Å². The molecule has 3 aromatic carbocycles. The number of para-hydroxylation sites is 1. The Kier molecular flexibility index (Phi) is 10.9. The van der Waals surface area contributed by atoms with E-state index in [0.29, 0.717) is 30.4 Å². The number of nitrogen functional groups attached to an aromatic ring is 1. The van der Waals surface area contributed by atoms with Crippen LogP contribution in [0.3, 0.4) is 0 Å². The maximum absolute atomic E-state index is 10.2. The van der Waals surface area contributed by atoms with Crippen molar-refractivity contribution in [3.8, 4) is 23.6 Å². The summed E-state index contributed by atoms with van der Waals surface area (Å²) >= 11 is 6.41. The minimum atomic E-state index is 0.192. The maximum Gasteiger partial charge on any atom is 0.153 e. The number of nitrogens with zero attached hydrogens (tertiary/aromatic N) is 2. The highest BCUT2D eigenvalue weighted by molar-refractivity contribution is 9.10. The van der Waals surface area contributed by atoms with Gasteiger partial charge in [0.05, 0.1) is 23.0 Å². The molecule has 36 heavy (non-hydrogen) atoms. The summed E-state index contributed by atoms with van der Waals surface area (Å²) in [6.45, 7) is 5.04. The lowest BCUT2D eigenvalue weighted by molar-refractivity contribution is 0.286. The van der Waals surface area contributed by atoms with Crippen LogP contribution < -0.4 is 15.2 Å². The minimum Gasteiger partial charge on any atom is -0.491 e. The highest BCUT2D eigenvalue weighted by Gasteiger charge is 2.28. The van der Waals surface area contributed by atoms with Crippen LogP contribution in [0.5, 0.6) is 11.5 Å². The lowest BCUT2D eigenvalue weighted by Gasteiger charge is -2.22. The average molecular weight is 583 g/mol. The second-order valence-electron chi connectivity index (χ2n) is 7.89. The first kappa shape index (κ1) is 27.8. The second kappa shape index (κ2) is 14.1. The summed E-state index contributed by atoms with van der Waals surface area (Å²) < 4.78 is 13.4. The van der Waals surface area contributed by atoms with E-state index >= 15 is 0 Å². The van der Waals surface area contributed by atoms with Gasteiger partial charge in [-0.3, -0.25) is 0 Å². The third-order valence-electron chi connectivity index (χ3n) is 5.20. The summed E-state index contributed by atoms with van der Waals surface area (Å²) in [5, 5.41) is 20.3. The number of rotatable bonds is 12. The maximum atomic E-state index is 10.2. The number of unbranched alkanes of at least 4 members (excludes halogenated alkanes) is 2. The molecule has 0 saturated carbocycles. The van der Waals surface area contributed by atoms with Crippen molar-refractivity contribution in [1.29, 1.82) is 10.5 Å². The Hall–Kier alpha value is -2.78. The van der Waals surface area contributed by atoms with E-state index in [4.69, 9.17) is 15.2 Å². The number of nitrogens with two attached hydrogens (primary N) is 1. The summed E-state index contributed by atoms with van der Waals surface area (Å²) in [5.74, 6) is 0.813. The van der Waals surface area contributed by atoms with Crippen molar-refractivity contribution in [1.82, 2.24) is 0 Å². The van der Waals surface area contributed by atoms with E-state index in [1.807, 2.05) is 48.5 Å². The predicted octanol–water partition coefficient (Wildman–Crippen LogP) is 8.43. The quantitative estimate of drug-likeness (QED) is 0.169. The molecule has 3 rings (SSSR count). The summed E-state index contributed by atoms with van der Waals surface area (Å²) in [6.07, 6.45) is 3.55. The largest absolute Gasteiger partial charge is 0.491 e. The molecular formula is C28H28BrN3O2S2. The molecule has 0 aliphatic rings. The SMILES string of the molecule is CCCCOc1c(C#N)c(C#N)c(OCCCC)c(Sc2ccccc2N)c1Sc1ccc(Br)cc1. The van der Waals surface area contributed by atoms with E-state index in [9.17, 15) is 10.5 Å². The Morgan fingerprint density at radius 3 is 1.83 bits per heavy atom. The predicted molar refractivity (Wildman–Crippen MR) is 150 cm³/mol. The van der Waals surface area contributed by atoms with Gasteiger partial charge in [-0.15, -0.1) is 0 Å². The third kappa shape index (κ3) is 6.91. The first-order valence-corrected chi connectivity index (χ1v) is 14.2. The Labute approximate surface area is 230 Å². The van der Waals surface area contributed by atoms with Gasteiger partial charge in [-0.05, 0) is 49.2 Å². The molecule has 3 aromatic rings. The van der Waals surface area contributed by atoms with Crippen molar-refractivity contribution in [2.75, 3.05) is 18.9 Å². The van der Waals surface area contributed by atoms with Gasteiger partial charge < -0.3 is 15.2 Å². The molecule has 0 amide bonds. The topological polar surface area (TPSA) is 92.1 Å². The molecule has 2 N–H and O–H groups in total. The molecule has 186 valence electrons. The molecule has 0 aliphatic heterocycles. The van der Waals surface area contributed by atoms with Crippen LogP contribution in [-0.2, 0) is 0 Å². The van der Waals surface area contributed by atoms with Gasteiger partial charge in [0, 0.05) is 20.0 Å². The minimum absolute atomic E-state index is 0.192. The zero-order valence-corrected chi connectivity index (χ0v) is 23.6. The molecular weight excluding hydrogens is 554 g/mol. The van der Waals surface area contributed by atoms with E-state index < -0.39 is 0 Å². The Morgan fingerprint density at radius 2 is 1.33 bits per heavy atom. The molecule has 0 unspecified atom stereocenters. The van der Waals surface area contributed by atoms with Gasteiger partial charge in [-0.2, -0.15) is 10.5 Å². The van der Waals surface area contributed by atoms with Gasteiger partial charge in [0.25, 0.3) is 0 Å². The molecule has 0 saturated heterocycles. The molecule has 0 fully saturated rings. The fraction of sp³-hybridized carbons (Fsp3) is 0.286. The van der Waals surface area contributed by atoms with Crippen molar-refractivity contribution in [3.63, 3.8) is 0 Å². The second-order valence-corrected chi connectivity index (χ2v) is 10.9. The number of halogens is 1. The standard InChI is InChI=1S/C28H28BrN3O2S2/c1-3-5-15-33-25-21(17-30)22(18-31)26(34-16-6-4-2)28(36-24-10-8-7-9-23(24)32)27(25)35-20-13-11-19(29)12-14-20/h7-14H,3-6,15-16,32H2,1-2H3. The van der Waals surface area contributed by atoms with Crippen LogP contribution in [0.4, 0.5) is 5.69 Å². The molecule has 0 radical (unpaired) electrons. The van der Waals surface area contributed by atoms with Crippen LogP contribution in [0.1, 0.15) is 50.7 Å². The van der Waals surface area contributed by atoms with Gasteiger partial charge in [0.15, 0.2) is 11.5 Å². The fourth-order valence-corrected chi connectivity index (χ4v) is 5.73. The fourth-order valence-electron chi connectivity index (χ4n) is 3.28. The van der Waals surface area contributed by atoms with Gasteiger partial charge in [-0.1, -0.05) is 78.3 Å². The van der Waals surface area contributed by atoms with E-state index in [0.717, 1.165) is 49.7 Å². The Morgan fingerprint density at radius 1 is 0.806 bits per heavy atom. The summed E-state index contributed by atoms with van der Waals surface area (Å²) in [6, 6.07) is 20.0. The highest BCUT2D eigenvalue weighted by atomic mass is 79.9. The monoisotopic (exact) mass is 581 g/mol. The van der Waals surface area contributed by atoms with Gasteiger partial charge in [0.1, 0.15) is 23.3 Å². The molecule has 8 heteroatoms. The normalized spacial score (nSPS) is 10.5. The summed E-state index contributed by atoms with van der Waals surface area (Å²) in [5.41, 5.74) is 7.31. The lowest BCUT2D eigenvalue weighted by atomic mass is 10.1. The number of hydrogen-bond donors (Lipinski definition) is 1. The average Bonchev–Trinajstić information content (AvgIpc) is 2.88. The van der Waals surface area contributed by atoms with E-state index in [1.165, 1.54) is 23.5 Å². The highest BCUT2D eigenvalue weighted by Crippen LogP contribution is 2.53. The van der Waals surface area contributed by atoms with Crippen molar-refractivity contribution in [2.24, 2.45) is 0 Å². The first-order chi connectivity index (χ1) is 17.5. The number of ether oxygens (including phenoxy) is 2. The Balaban J connectivity index is 2.30. The van der Waals surface area contributed by atoms with Crippen LogP contribution in [0.15, 0.2) is 72.6 Å². The third-order valence-corrected chi connectivity index (χ3v) is 8.14. The zero-order chi connectivity index (χ0) is 25.9. The van der Waals surface area contributed by atoms with Gasteiger partial charge >= 0.3 is 0 Å². The number of nitriles is 2. The van der Waals surface area contributed by atoms with Gasteiger partial charge in [-0.25, -0.2) is 0 Å². The number of hydrogen-bond acceptors (Lipinski definition) is 7. The van der Waals surface area contributed by atoms with Crippen LogP contribution in [-0.4, -0.2) is 13.2 Å². The molecule has 0 bridgehead atoms. The summed E-state index contributed by atoms with van der Waals surface area (Å²) in [7, 11) is 0. The van der Waals surface area contributed by atoms with Crippen LogP contribution >= 0.6 is 39.5 Å². The van der Waals surface area contributed by atoms with E-state index in [2.05, 4.69) is 41.9 Å². The molecule has 5 nitrogen and oxygen atoms in total. The lowest BCUT2D eigenvalue weighted by Crippen LogP contribution is -2.07. The number of anilines is 1. The smallest absolute Gasteiger partial charge is 0.153 e. The molecule has 0 heterocycles. The van der Waals surface area contributed by atoms with Crippen molar-refractivity contribution in [2.45, 2.75) is 59.1 Å². The van der Waals surface area contributed by atoms with Gasteiger partial charge in [0.2, 0.25) is 0 Å².